The van der Waals surface area contributed by atoms with E-state index in [1.807, 2.05) is 0 Å². The van der Waals surface area contributed by atoms with Crippen molar-refractivity contribution in [3.05, 3.63) is 71.1 Å². The molecule has 1 amide bonds. The van der Waals surface area contributed by atoms with Crippen LogP contribution in [0.25, 0.3) is 11.5 Å². The number of fused-ring (bicyclic) bond motifs is 2. The van der Waals surface area contributed by atoms with Gasteiger partial charge in [0.15, 0.2) is 0 Å². The third kappa shape index (κ3) is 3.95. The number of aromatic amines is 1. The second-order valence-corrected chi connectivity index (χ2v) is 8.43. The van der Waals surface area contributed by atoms with Crippen LogP contribution in [0.4, 0.5) is 5.95 Å². The first kappa shape index (κ1) is 19.6. The molecule has 0 spiro atoms. The van der Waals surface area contributed by atoms with Gasteiger partial charge in [0.2, 0.25) is 17.7 Å². The van der Waals surface area contributed by atoms with Gasteiger partial charge in [0.25, 0.3) is 5.89 Å². The summed E-state index contributed by atoms with van der Waals surface area (Å²) in [4.78, 5) is 23.3. The summed E-state index contributed by atoms with van der Waals surface area (Å²) in [6.45, 7) is 1.18. The number of hydrogen-bond donors (Lipinski definition) is 2. The minimum absolute atomic E-state index is 0.0505. The minimum Gasteiger partial charge on any atom is -0.420 e. The van der Waals surface area contributed by atoms with Crippen LogP contribution in [-0.2, 0) is 37.0 Å². The van der Waals surface area contributed by atoms with Crippen molar-refractivity contribution in [1.29, 1.82) is 0 Å². The molecule has 10 nitrogen and oxygen atoms in total. The molecule has 0 unspecified atom stereocenters. The van der Waals surface area contributed by atoms with Crippen LogP contribution in [0, 0.1) is 0 Å². The quantitative estimate of drug-likeness (QED) is 0.480. The fourth-order valence-electron chi connectivity index (χ4n) is 4.47. The summed E-state index contributed by atoms with van der Waals surface area (Å²) < 4.78 is 5.71. The van der Waals surface area contributed by atoms with E-state index in [9.17, 15) is 4.79 Å². The lowest BCUT2D eigenvalue weighted by Crippen LogP contribution is -2.36. The summed E-state index contributed by atoms with van der Waals surface area (Å²) >= 11 is 0. The van der Waals surface area contributed by atoms with Crippen molar-refractivity contribution in [2.45, 2.75) is 38.3 Å². The molecule has 3 aromatic heterocycles. The normalized spacial score (nSPS) is 15.3. The van der Waals surface area contributed by atoms with Gasteiger partial charge in [0.1, 0.15) is 6.42 Å². The first-order chi connectivity index (χ1) is 16.2. The van der Waals surface area contributed by atoms with Crippen LogP contribution in [0.15, 0.2) is 47.3 Å². The number of nitrogens with one attached hydrogen (secondary N) is 2. The number of nitrogens with zero attached hydrogens (tertiary/aromatic N) is 6. The predicted octanol–water partition coefficient (Wildman–Crippen LogP) is 1.96. The zero-order valence-electron chi connectivity index (χ0n) is 17.9. The molecule has 1 aliphatic carbocycles. The van der Waals surface area contributed by atoms with E-state index in [0.717, 1.165) is 30.5 Å². The zero-order valence-corrected chi connectivity index (χ0v) is 17.9. The number of hydrogen-bond acceptors (Lipinski definition) is 8. The van der Waals surface area contributed by atoms with Crippen molar-refractivity contribution in [3.8, 4) is 11.5 Å². The summed E-state index contributed by atoms with van der Waals surface area (Å²) in [5.74, 6) is 1.09. The third-order valence-corrected chi connectivity index (χ3v) is 6.21. The van der Waals surface area contributed by atoms with Gasteiger partial charge in [-0.1, -0.05) is 24.3 Å². The topological polar surface area (TPSA) is 126 Å². The number of amides is 1. The Hall–Kier alpha value is -4.08. The van der Waals surface area contributed by atoms with E-state index >= 15 is 0 Å². The van der Waals surface area contributed by atoms with E-state index in [2.05, 4.69) is 59.9 Å². The fraction of sp³-hybridized carbons (Fsp3) is 0.304. The fourth-order valence-corrected chi connectivity index (χ4v) is 4.47. The molecule has 0 bridgehead atoms. The Labute approximate surface area is 189 Å². The summed E-state index contributed by atoms with van der Waals surface area (Å²) in [7, 11) is 0. The molecule has 2 aliphatic rings. The van der Waals surface area contributed by atoms with E-state index in [-0.39, 0.29) is 24.3 Å². The highest BCUT2D eigenvalue weighted by Crippen LogP contribution is 2.24. The van der Waals surface area contributed by atoms with Crippen LogP contribution in [0.1, 0.15) is 28.3 Å². The van der Waals surface area contributed by atoms with Crippen LogP contribution in [0.3, 0.4) is 0 Å². The Bertz CT molecular complexity index is 1270. The Balaban J connectivity index is 1.07. The van der Waals surface area contributed by atoms with Crippen LogP contribution in [0.2, 0.25) is 0 Å². The van der Waals surface area contributed by atoms with Gasteiger partial charge in [-0.25, -0.2) is 9.97 Å². The Morgan fingerprint density at radius 1 is 1.09 bits per heavy atom. The van der Waals surface area contributed by atoms with Gasteiger partial charge >= 0.3 is 0 Å². The van der Waals surface area contributed by atoms with Crippen molar-refractivity contribution in [2.75, 3.05) is 11.9 Å². The molecule has 10 heteroatoms. The average molecular weight is 442 g/mol. The lowest BCUT2D eigenvalue weighted by atomic mass is 10.1. The minimum atomic E-state index is -0.0505. The highest BCUT2D eigenvalue weighted by molar-refractivity contribution is 5.78. The number of rotatable bonds is 5. The molecule has 0 saturated heterocycles. The van der Waals surface area contributed by atoms with Crippen LogP contribution < -0.4 is 5.32 Å². The molecule has 6 rings (SSSR count). The van der Waals surface area contributed by atoms with Crippen molar-refractivity contribution >= 4 is 11.9 Å². The molecule has 0 fully saturated rings. The summed E-state index contributed by atoms with van der Waals surface area (Å²) in [6, 6.07) is 8.75. The average Bonchev–Trinajstić information content (AvgIpc) is 3.58. The van der Waals surface area contributed by atoms with E-state index in [1.54, 1.807) is 23.5 Å². The summed E-state index contributed by atoms with van der Waals surface area (Å²) in [6.07, 6.45) is 7.82. The van der Waals surface area contributed by atoms with E-state index < -0.39 is 0 Å². The Morgan fingerprint density at radius 3 is 2.67 bits per heavy atom. The first-order valence-electron chi connectivity index (χ1n) is 11.0. The van der Waals surface area contributed by atoms with Gasteiger partial charge in [-0.05, 0) is 24.0 Å². The molecule has 2 N–H and O–H groups in total. The highest BCUT2D eigenvalue weighted by Gasteiger charge is 2.24. The van der Waals surface area contributed by atoms with Crippen LogP contribution in [-0.4, -0.2) is 53.8 Å². The molecule has 0 radical (unpaired) electrons. The maximum Gasteiger partial charge on any atom is 0.250 e. The smallest absolute Gasteiger partial charge is 0.250 e. The van der Waals surface area contributed by atoms with Crippen LogP contribution in [0.5, 0.6) is 0 Å². The molecule has 4 aromatic rings. The first-order valence-corrected chi connectivity index (χ1v) is 11.0. The number of anilines is 1. The van der Waals surface area contributed by atoms with Crippen LogP contribution >= 0.6 is 0 Å². The van der Waals surface area contributed by atoms with Gasteiger partial charge in [-0.2, -0.15) is 5.10 Å². The predicted molar refractivity (Wildman–Crippen MR) is 118 cm³/mol. The van der Waals surface area contributed by atoms with E-state index in [4.69, 9.17) is 4.42 Å². The molecular weight excluding hydrogens is 420 g/mol. The van der Waals surface area contributed by atoms with E-state index in [1.165, 1.54) is 11.1 Å². The molecule has 1 aromatic carbocycles. The van der Waals surface area contributed by atoms with Gasteiger partial charge in [0, 0.05) is 49.2 Å². The SMILES string of the molecule is O=C(Cc1nnc(-c2cnc(NC3Cc4ccccc4C3)nc2)o1)N1CCc2[nH]ncc2C1. The largest absolute Gasteiger partial charge is 0.420 e. The van der Waals surface area contributed by atoms with E-state index in [0.29, 0.717) is 30.5 Å². The molecule has 1 aliphatic heterocycles. The maximum absolute atomic E-state index is 12.7. The molecule has 0 atom stereocenters. The molecule has 166 valence electrons. The number of aromatic nitrogens is 6. The van der Waals surface area contributed by atoms with Crippen molar-refractivity contribution in [1.82, 2.24) is 35.3 Å². The monoisotopic (exact) mass is 442 g/mol. The lowest BCUT2D eigenvalue weighted by molar-refractivity contribution is -0.131. The molecule has 4 heterocycles. The molecular formula is C23H22N8O2. The Morgan fingerprint density at radius 2 is 1.88 bits per heavy atom. The standard InChI is InChI=1S/C23H22N8O2/c32-21(31-6-5-19-17(13-31)12-26-28-19)9-20-29-30-22(33-20)16-10-24-23(25-11-16)27-18-7-14-3-1-2-4-15(14)8-18/h1-4,10-12,18H,5-9,13H2,(H,26,28)(H,24,25,27). The lowest BCUT2D eigenvalue weighted by Gasteiger charge is -2.26. The van der Waals surface area contributed by atoms with Gasteiger partial charge in [-0.3, -0.25) is 9.89 Å². The Kier molecular flexibility index (Phi) is 4.82. The van der Waals surface area contributed by atoms with Crippen molar-refractivity contribution in [2.24, 2.45) is 0 Å². The number of H-pyrrole nitrogens is 1. The molecule has 33 heavy (non-hydrogen) atoms. The highest BCUT2D eigenvalue weighted by atomic mass is 16.4. The number of carbonyl (C=O) groups is 1. The van der Waals surface area contributed by atoms with Crippen molar-refractivity contribution < 1.29 is 9.21 Å². The maximum atomic E-state index is 12.7. The van der Waals surface area contributed by atoms with Gasteiger partial charge in [-0.15, -0.1) is 10.2 Å². The summed E-state index contributed by atoms with van der Waals surface area (Å²) in [5.41, 5.74) is 5.49. The molecule has 0 saturated carbocycles. The van der Waals surface area contributed by atoms with Gasteiger partial charge < -0.3 is 14.6 Å². The third-order valence-electron chi connectivity index (χ3n) is 6.21. The number of carbonyl (C=O) groups excluding carboxylic acids is 1. The number of benzene rings is 1. The second kappa shape index (κ2) is 8.12. The van der Waals surface area contributed by atoms with Gasteiger partial charge in [0.05, 0.1) is 11.8 Å². The summed E-state index contributed by atoms with van der Waals surface area (Å²) in [5, 5.41) is 18.5. The zero-order chi connectivity index (χ0) is 22.2. The van der Waals surface area contributed by atoms with Crippen molar-refractivity contribution in [3.63, 3.8) is 0 Å². The second-order valence-electron chi connectivity index (χ2n) is 8.43.